The van der Waals surface area contributed by atoms with Gasteiger partial charge in [-0.05, 0) is 53.6 Å². The van der Waals surface area contributed by atoms with Gasteiger partial charge in [0.1, 0.15) is 10.5 Å². The molecule has 0 heterocycles. The highest BCUT2D eigenvalue weighted by Crippen LogP contribution is 2.29. The van der Waals surface area contributed by atoms with Crippen LogP contribution in [0.1, 0.15) is 53.4 Å². The first kappa shape index (κ1) is 16.1. The molecule has 0 unspecified atom stereocenters. The predicted molar refractivity (Wildman–Crippen MR) is 85.5 cm³/mol. The van der Waals surface area contributed by atoms with Crippen molar-refractivity contribution in [2.24, 2.45) is 0 Å². The summed E-state index contributed by atoms with van der Waals surface area (Å²) in [5.74, 6) is -0.827. The molecule has 0 spiro atoms. The molecule has 3 nitrogen and oxygen atoms in total. The Labute approximate surface area is 120 Å². The number of benzene rings is 1. The quantitative estimate of drug-likeness (QED) is 0.832. The molecule has 19 heavy (non-hydrogen) atoms. The fraction of sp³-hybridized carbons (Fsp3) is 0.500. The molecule has 0 aliphatic rings. The highest BCUT2D eigenvalue weighted by atomic mass is 28.3. The minimum atomic E-state index is -0.959. The van der Waals surface area contributed by atoms with E-state index in [0.29, 0.717) is 16.0 Å². The molecule has 0 atom stereocenters. The average Bonchev–Trinajstić information content (AvgIpc) is 2.24. The van der Waals surface area contributed by atoms with Crippen LogP contribution in [0.15, 0.2) is 0 Å². The first-order valence-corrected chi connectivity index (χ1v) is 8.58. The summed E-state index contributed by atoms with van der Waals surface area (Å²) in [4.78, 5) is 11.6. The molecule has 0 fully saturated rings. The van der Waals surface area contributed by atoms with Crippen molar-refractivity contribution in [3.8, 4) is 0 Å². The van der Waals surface area contributed by atoms with Gasteiger partial charge in [-0.25, -0.2) is 4.79 Å². The molecule has 0 bridgehead atoms. The highest BCUT2D eigenvalue weighted by molar-refractivity contribution is 6.53. The summed E-state index contributed by atoms with van der Waals surface area (Å²) in [6.07, 6.45) is 0. The van der Waals surface area contributed by atoms with Gasteiger partial charge in [-0.2, -0.15) is 0 Å². The Bertz CT molecular complexity index is 517. The first-order chi connectivity index (χ1) is 8.62. The van der Waals surface area contributed by atoms with Crippen LogP contribution in [0.5, 0.6) is 0 Å². The van der Waals surface area contributed by atoms with Gasteiger partial charge in [0.25, 0.3) is 0 Å². The van der Waals surface area contributed by atoms with E-state index in [1.807, 2.05) is 13.8 Å². The van der Waals surface area contributed by atoms with Crippen molar-refractivity contribution in [3.05, 3.63) is 27.8 Å². The van der Waals surface area contributed by atoms with Gasteiger partial charge < -0.3 is 9.22 Å². The van der Waals surface area contributed by atoms with Crippen molar-refractivity contribution in [2.45, 2.75) is 47.0 Å². The topological polar surface area (TPSA) is 46.5 Å². The van der Waals surface area contributed by atoms with Crippen LogP contribution in [0, 0.1) is 20.8 Å². The molecule has 0 radical (unpaired) electrons. The summed E-state index contributed by atoms with van der Waals surface area (Å²) in [6.45, 7) is 12.4. The monoisotopic (exact) mass is 296 g/mol. The molecule has 1 N–H and O–H groups in total. The molecule has 106 valence electrons. The third-order valence-electron chi connectivity index (χ3n) is 3.73. The lowest BCUT2D eigenvalue weighted by atomic mass is 9.80. The van der Waals surface area contributed by atoms with Crippen molar-refractivity contribution in [1.29, 1.82) is 0 Å². The van der Waals surface area contributed by atoms with Crippen molar-refractivity contribution in [3.63, 3.8) is 0 Å². The van der Waals surface area contributed by atoms with Crippen LogP contribution < -0.4 is 5.19 Å². The summed E-state index contributed by atoms with van der Waals surface area (Å²) in [6, 6.07) is 0. The summed E-state index contributed by atoms with van der Waals surface area (Å²) in [5, 5.41) is 10.5. The number of hydrogen-bond donors (Lipinski definition) is 1. The Morgan fingerprint density at radius 2 is 1.68 bits per heavy atom. The zero-order valence-corrected chi connectivity index (χ0v) is 16.4. The second kappa shape index (κ2) is 5.60. The van der Waals surface area contributed by atoms with E-state index < -0.39 is 15.7 Å². The van der Waals surface area contributed by atoms with Crippen LogP contribution in [0.4, 0.5) is 0 Å². The van der Waals surface area contributed by atoms with E-state index in [0.717, 1.165) is 16.3 Å². The number of carboxylic acids is 1. The Morgan fingerprint density at radius 3 is 2.05 bits per heavy atom. The maximum atomic E-state index is 11.6. The van der Waals surface area contributed by atoms with Crippen LogP contribution in [-0.2, 0) is 9.53 Å². The Hall–Kier alpha value is -0.916. The van der Waals surface area contributed by atoms with E-state index in [2.05, 4.69) is 27.7 Å². The van der Waals surface area contributed by atoms with Crippen LogP contribution in [0.2, 0.25) is 0 Å². The third kappa shape index (κ3) is 2.99. The molecular formula is C14H24O3Si2. The van der Waals surface area contributed by atoms with Gasteiger partial charge in [0.15, 0.2) is 9.76 Å². The molecular weight excluding hydrogens is 272 g/mol. The molecule has 0 aliphatic heterocycles. The Kier molecular flexibility index (Phi) is 4.76. The van der Waals surface area contributed by atoms with Gasteiger partial charge in [-0.15, -0.1) is 0 Å². The minimum Gasteiger partial charge on any atom is -0.478 e. The zero-order valence-electron chi connectivity index (χ0n) is 13.0. The lowest BCUT2D eigenvalue weighted by molar-refractivity contribution is 0.0697. The minimum absolute atomic E-state index is 0.0604. The van der Waals surface area contributed by atoms with Crippen molar-refractivity contribution in [1.82, 2.24) is 0 Å². The van der Waals surface area contributed by atoms with E-state index in [4.69, 9.17) is 4.12 Å². The lowest BCUT2D eigenvalue weighted by Crippen LogP contribution is -2.36. The second-order valence-corrected chi connectivity index (χ2v) is 9.40. The normalized spacial score (nSPS) is 12.5. The maximum Gasteiger partial charge on any atom is 0.335 e. The smallest absolute Gasteiger partial charge is 0.335 e. The number of carbonyl (C=O) groups is 1. The van der Waals surface area contributed by atoms with Gasteiger partial charge in [0.05, 0.1) is 5.56 Å². The van der Waals surface area contributed by atoms with Crippen molar-refractivity contribution < 1.29 is 14.0 Å². The van der Waals surface area contributed by atoms with E-state index >= 15 is 0 Å². The van der Waals surface area contributed by atoms with E-state index in [9.17, 15) is 9.90 Å². The van der Waals surface area contributed by atoms with Gasteiger partial charge in [0, 0.05) is 0 Å². The largest absolute Gasteiger partial charge is 0.478 e. The Morgan fingerprint density at radius 1 is 1.16 bits per heavy atom. The molecule has 0 amide bonds. The second-order valence-electron chi connectivity index (χ2n) is 6.09. The lowest BCUT2D eigenvalue weighted by Gasteiger charge is -2.29. The third-order valence-corrected chi connectivity index (χ3v) is 5.88. The van der Waals surface area contributed by atoms with Gasteiger partial charge in [-0.3, -0.25) is 0 Å². The van der Waals surface area contributed by atoms with E-state index in [1.54, 1.807) is 0 Å². The van der Waals surface area contributed by atoms with E-state index in [-0.39, 0.29) is 5.41 Å². The summed E-state index contributed by atoms with van der Waals surface area (Å²) in [7, 11) is -0.294. The van der Waals surface area contributed by atoms with Crippen LogP contribution in [-0.4, -0.2) is 31.3 Å². The van der Waals surface area contributed by atoms with E-state index in [1.165, 1.54) is 11.1 Å². The predicted octanol–water partition coefficient (Wildman–Crippen LogP) is 0.614. The molecule has 0 aromatic heterocycles. The molecule has 0 saturated carbocycles. The molecule has 0 aliphatic carbocycles. The maximum absolute atomic E-state index is 11.6. The molecule has 0 saturated heterocycles. The summed E-state index contributed by atoms with van der Waals surface area (Å²) >= 11 is 0. The van der Waals surface area contributed by atoms with Crippen LogP contribution in [0.3, 0.4) is 0 Å². The standard InChI is InChI=1S/C14H24O3Si2/c1-7-8(2)10(13(15)16)12(19-17-18)11(9(7)3)14(4,5)6/h19H2,1-6,18H3,(H,15,16). The van der Waals surface area contributed by atoms with Crippen molar-refractivity contribution >= 4 is 31.4 Å². The summed E-state index contributed by atoms with van der Waals surface area (Å²) < 4.78 is 5.52. The van der Waals surface area contributed by atoms with Gasteiger partial charge >= 0.3 is 5.97 Å². The number of carboxylic acid groups (broad SMARTS) is 1. The highest BCUT2D eigenvalue weighted by Gasteiger charge is 2.28. The average molecular weight is 297 g/mol. The fourth-order valence-corrected chi connectivity index (χ4v) is 5.48. The zero-order chi connectivity index (χ0) is 15.0. The van der Waals surface area contributed by atoms with Crippen molar-refractivity contribution in [2.75, 3.05) is 0 Å². The molecule has 1 rings (SSSR count). The number of aromatic carboxylic acids is 1. The van der Waals surface area contributed by atoms with Gasteiger partial charge in [0.2, 0.25) is 0 Å². The van der Waals surface area contributed by atoms with Gasteiger partial charge in [-0.1, -0.05) is 20.8 Å². The number of hydrogen-bond acceptors (Lipinski definition) is 2. The molecule has 5 heteroatoms. The summed E-state index contributed by atoms with van der Waals surface area (Å²) in [5.41, 5.74) is 4.80. The van der Waals surface area contributed by atoms with Crippen LogP contribution >= 0.6 is 0 Å². The SMILES string of the molecule is Cc1c(C)c(C(=O)O)c([SiH2]O[SiH3])c(C(C)(C)C)c1C. The Balaban J connectivity index is 3.84. The molecule has 1 aromatic rings. The molecule has 1 aromatic carbocycles. The number of rotatable bonds is 3. The van der Waals surface area contributed by atoms with Crippen LogP contribution in [0.25, 0.3) is 0 Å². The fourth-order valence-electron chi connectivity index (χ4n) is 2.83. The first-order valence-electron chi connectivity index (χ1n) is 6.48.